The van der Waals surface area contributed by atoms with Gasteiger partial charge in [0.25, 0.3) is 0 Å². The van der Waals surface area contributed by atoms with Crippen molar-refractivity contribution < 1.29 is 19.4 Å². The quantitative estimate of drug-likeness (QED) is 0.829. The molecule has 0 saturated carbocycles. The molecule has 6 nitrogen and oxygen atoms in total. The highest BCUT2D eigenvalue weighted by Crippen LogP contribution is 2.19. The lowest BCUT2D eigenvalue weighted by atomic mass is 9.93. The zero-order valence-electron chi connectivity index (χ0n) is 13.7. The van der Waals surface area contributed by atoms with Crippen LogP contribution in [-0.4, -0.2) is 53.3 Å². The summed E-state index contributed by atoms with van der Waals surface area (Å²) in [6.45, 7) is 11.6. The van der Waals surface area contributed by atoms with Crippen LogP contribution in [0.1, 0.15) is 41.0 Å². The fraction of sp³-hybridized carbons (Fsp3) is 0.867. The third kappa shape index (κ3) is 6.80. The Morgan fingerprint density at radius 3 is 2.43 bits per heavy atom. The van der Waals surface area contributed by atoms with Crippen molar-refractivity contribution in [2.45, 2.75) is 52.7 Å². The van der Waals surface area contributed by atoms with E-state index >= 15 is 0 Å². The average molecular weight is 300 g/mol. The van der Waals surface area contributed by atoms with Gasteiger partial charge in [-0.3, -0.25) is 4.79 Å². The standard InChI is InChI=1S/C15H28N2O4/c1-10(2)7-17-8-11(13(18)19)6-12(9-17)16-14(20)21-15(3,4)5/h10-12H,6-9H2,1-5H3,(H,16,20)(H,18,19). The molecule has 1 rings (SSSR count). The van der Waals surface area contributed by atoms with Gasteiger partial charge in [-0.25, -0.2) is 4.79 Å². The maximum Gasteiger partial charge on any atom is 0.407 e. The van der Waals surface area contributed by atoms with Crippen LogP contribution in [0, 0.1) is 11.8 Å². The summed E-state index contributed by atoms with van der Waals surface area (Å²) < 4.78 is 5.24. The molecule has 0 bridgehead atoms. The second-order valence-corrected chi connectivity index (χ2v) is 7.23. The third-order valence-corrected chi connectivity index (χ3v) is 3.22. The molecule has 1 saturated heterocycles. The number of alkyl carbamates (subject to hydrolysis) is 1. The van der Waals surface area contributed by atoms with E-state index in [1.165, 1.54) is 0 Å². The Morgan fingerprint density at radius 2 is 1.95 bits per heavy atom. The number of carbonyl (C=O) groups excluding carboxylic acids is 1. The van der Waals surface area contributed by atoms with Crippen molar-refractivity contribution in [2.75, 3.05) is 19.6 Å². The lowest BCUT2D eigenvalue weighted by Crippen LogP contribution is -2.53. The van der Waals surface area contributed by atoms with Gasteiger partial charge >= 0.3 is 12.1 Å². The van der Waals surface area contributed by atoms with Crippen LogP contribution in [-0.2, 0) is 9.53 Å². The van der Waals surface area contributed by atoms with Gasteiger partial charge in [-0.2, -0.15) is 0 Å². The third-order valence-electron chi connectivity index (χ3n) is 3.22. The maximum absolute atomic E-state index is 11.8. The molecule has 0 aliphatic carbocycles. The zero-order chi connectivity index (χ0) is 16.2. The molecule has 0 radical (unpaired) electrons. The van der Waals surface area contributed by atoms with Crippen LogP contribution in [0.2, 0.25) is 0 Å². The largest absolute Gasteiger partial charge is 0.481 e. The van der Waals surface area contributed by atoms with E-state index in [0.29, 0.717) is 25.4 Å². The highest BCUT2D eigenvalue weighted by atomic mass is 16.6. The summed E-state index contributed by atoms with van der Waals surface area (Å²) in [5.41, 5.74) is -0.553. The van der Waals surface area contributed by atoms with Crippen molar-refractivity contribution in [2.24, 2.45) is 11.8 Å². The summed E-state index contributed by atoms with van der Waals surface area (Å²) in [6.07, 6.45) is -0.0357. The number of carboxylic acid groups (broad SMARTS) is 1. The number of carbonyl (C=O) groups is 2. The number of likely N-dealkylation sites (tertiary alicyclic amines) is 1. The monoisotopic (exact) mass is 300 g/mol. The van der Waals surface area contributed by atoms with E-state index in [2.05, 4.69) is 24.1 Å². The predicted octanol–water partition coefficient (Wildman–Crippen LogP) is 1.94. The molecule has 0 aromatic heterocycles. The first kappa shape index (κ1) is 17.8. The van der Waals surface area contributed by atoms with E-state index in [1.807, 2.05) is 0 Å². The zero-order valence-corrected chi connectivity index (χ0v) is 13.7. The Morgan fingerprint density at radius 1 is 1.33 bits per heavy atom. The van der Waals surface area contributed by atoms with Crippen molar-refractivity contribution in [1.29, 1.82) is 0 Å². The van der Waals surface area contributed by atoms with Gasteiger partial charge in [0.2, 0.25) is 0 Å². The van der Waals surface area contributed by atoms with E-state index in [-0.39, 0.29) is 6.04 Å². The second kappa shape index (κ2) is 7.11. The number of rotatable bonds is 4. The summed E-state index contributed by atoms with van der Waals surface area (Å²) >= 11 is 0. The summed E-state index contributed by atoms with van der Waals surface area (Å²) in [4.78, 5) is 25.2. The maximum atomic E-state index is 11.8. The molecule has 0 spiro atoms. The Balaban J connectivity index is 2.63. The van der Waals surface area contributed by atoms with Gasteiger partial charge < -0.3 is 20.1 Å². The molecule has 2 atom stereocenters. The summed E-state index contributed by atoms with van der Waals surface area (Å²) in [7, 11) is 0. The SMILES string of the molecule is CC(C)CN1CC(NC(=O)OC(C)(C)C)CC(C(=O)O)C1. The number of amides is 1. The van der Waals surface area contributed by atoms with E-state index < -0.39 is 23.6 Å². The Kier molecular flexibility index (Phi) is 6.01. The number of hydrogen-bond donors (Lipinski definition) is 2. The van der Waals surface area contributed by atoms with Crippen molar-refractivity contribution in [1.82, 2.24) is 10.2 Å². The van der Waals surface area contributed by atoms with Crippen molar-refractivity contribution in [3.8, 4) is 0 Å². The van der Waals surface area contributed by atoms with Crippen LogP contribution in [0.15, 0.2) is 0 Å². The molecule has 1 aliphatic heterocycles. The molecule has 2 N–H and O–H groups in total. The average Bonchev–Trinajstić information content (AvgIpc) is 2.24. The number of ether oxygens (including phenoxy) is 1. The normalized spacial score (nSPS) is 23.9. The van der Waals surface area contributed by atoms with Gasteiger partial charge in [0.05, 0.1) is 5.92 Å². The highest BCUT2D eigenvalue weighted by molar-refractivity contribution is 5.71. The van der Waals surface area contributed by atoms with Gasteiger partial charge in [-0.1, -0.05) is 13.8 Å². The van der Waals surface area contributed by atoms with Gasteiger partial charge in [-0.15, -0.1) is 0 Å². The molecular weight excluding hydrogens is 272 g/mol. The highest BCUT2D eigenvalue weighted by Gasteiger charge is 2.33. The lowest BCUT2D eigenvalue weighted by Gasteiger charge is -2.37. The first-order valence-electron chi connectivity index (χ1n) is 7.51. The Bertz CT molecular complexity index is 376. The van der Waals surface area contributed by atoms with Crippen molar-refractivity contribution in [3.05, 3.63) is 0 Å². The fourth-order valence-electron chi connectivity index (χ4n) is 2.61. The van der Waals surface area contributed by atoms with Gasteiger partial charge in [0.1, 0.15) is 5.60 Å². The number of aliphatic carboxylic acids is 1. The number of nitrogens with zero attached hydrogens (tertiary/aromatic N) is 1. The van der Waals surface area contributed by atoms with E-state index in [1.54, 1.807) is 20.8 Å². The minimum atomic E-state index is -0.806. The van der Waals surface area contributed by atoms with Crippen LogP contribution in [0.25, 0.3) is 0 Å². The first-order chi connectivity index (χ1) is 9.56. The summed E-state index contributed by atoms with van der Waals surface area (Å²) in [5.74, 6) is -0.795. The number of hydrogen-bond acceptors (Lipinski definition) is 4. The van der Waals surface area contributed by atoms with Crippen molar-refractivity contribution in [3.63, 3.8) is 0 Å². The van der Waals surface area contributed by atoms with E-state index in [0.717, 1.165) is 6.54 Å². The van der Waals surface area contributed by atoms with Crippen LogP contribution < -0.4 is 5.32 Å². The minimum Gasteiger partial charge on any atom is -0.481 e. The molecule has 0 aromatic carbocycles. The Hall–Kier alpha value is -1.30. The molecule has 1 aliphatic rings. The number of nitrogens with one attached hydrogen (secondary N) is 1. The van der Waals surface area contributed by atoms with Crippen LogP contribution in [0.5, 0.6) is 0 Å². The molecule has 0 aromatic rings. The Labute approximate surface area is 126 Å². The van der Waals surface area contributed by atoms with Gasteiger partial charge in [0, 0.05) is 25.7 Å². The first-order valence-corrected chi connectivity index (χ1v) is 7.51. The van der Waals surface area contributed by atoms with E-state index in [9.17, 15) is 14.7 Å². The molecule has 122 valence electrons. The van der Waals surface area contributed by atoms with Gasteiger partial charge in [0.15, 0.2) is 0 Å². The minimum absolute atomic E-state index is 0.187. The molecule has 1 heterocycles. The molecule has 2 unspecified atom stereocenters. The topological polar surface area (TPSA) is 78.9 Å². The van der Waals surface area contributed by atoms with Crippen LogP contribution in [0.3, 0.4) is 0 Å². The second-order valence-electron chi connectivity index (χ2n) is 7.23. The molecule has 6 heteroatoms. The van der Waals surface area contributed by atoms with Crippen molar-refractivity contribution >= 4 is 12.1 Å². The number of carboxylic acids is 1. The van der Waals surface area contributed by atoms with Crippen LogP contribution >= 0.6 is 0 Å². The molecule has 1 fully saturated rings. The fourth-order valence-corrected chi connectivity index (χ4v) is 2.61. The smallest absolute Gasteiger partial charge is 0.407 e. The number of piperidine rings is 1. The predicted molar refractivity (Wildman–Crippen MR) is 80.2 cm³/mol. The summed E-state index contributed by atoms with van der Waals surface area (Å²) in [5, 5.41) is 12.1. The lowest BCUT2D eigenvalue weighted by molar-refractivity contribution is -0.144. The molecular formula is C15H28N2O4. The van der Waals surface area contributed by atoms with Crippen LogP contribution in [0.4, 0.5) is 4.79 Å². The van der Waals surface area contributed by atoms with E-state index in [4.69, 9.17) is 4.74 Å². The molecule has 21 heavy (non-hydrogen) atoms. The molecule has 1 amide bonds. The van der Waals surface area contributed by atoms with Gasteiger partial charge in [-0.05, 0) is 33.1 Å². The summed E-state index contributed by atoms with van der Waals surface area (Å²) in [6, 6.07) is -0.187.